The molecular weight excluding hydrogens is 174 g/mol. The van der Waals surface area contributed by atoms with Crippen molar-refractivity contribution in [2.45, 2.75) is 19.0 Å². The molecule has 0 saturated heterocycles. The molecule has 0 radical (unpaired) electrons. The molecule has 1 heterocycles. The molecule has 5 heteroatoms. The second-order valence-corrected chi connectivity index (χ2v) is 3.56. The number of H-pyrrole nitrogens is 1. The summed E-state index contributed by atoms with van der Waals surface area (Å²) in [6, 6.07) is 0. The average molecular weight is 185 g/mol. The number of nitrogen functional groups attached to an aromatic ring is 1. The number of thioether (sulfide) groups is 1. The molecule has 0 aliphatic rings. The van der Waals surface area contributed by atoms with E-state index in [1.165, 1.54) is 11.8 Å². The lowest BCUT2D eigenvalue weighted by Crippen LogP contribution is -2.15. The molecule has 0 aliphatic carbocycles. The highest BCUT2D eigenvalue weighted by Crippen LogP contribution is 2.11. The van der Waals surface area contributed by atoms with Crippen molar-refractivity contribution in [3.8, 4) is 0 Å². The van der Waals surface area contributed by atoms with Crippen LogP contribution in [0.4, 0.5) is 5.69 Å². The normalized spacial score (nSPS) is 10.2. The minimum absolute atomic E-state index is 0.204. The largest absolute Gasteiger partial charge is 0.393 e. The van der Waals surface area contributed by atoms with Gasteiger partial charge in [0.05, 0.1) is 5.69 Å². The number of anilines is 1. The van der Waals surface area contributed by atoms with Crippen molar-refractivity contribution in [2.24, 2.45) is 0 Å². The molecule has 0 aromatic carbocycles. The van der Waals surface area contributed by atoms with E-state index in [0.29, 0.717) is 10.9 Å². The van der Waals surface area contributed by atoms with Gasteiger partial charge < -0.3 is 5.73 Å². The molecular formula is C7H11N3OS. The van der Waals surface area contributed by atoms with Crippen LogP contribution in [-0.4, -0.2) is 15.7 Å². The Morgan fingerprint density at radius 3 is 2.83 bits per heavy atom. The van der Waals surface area contributed by atoms with E-state index in [2.05, 4.69) is 9.97 Å². The molecule has 0 bridgehead atoms. The number of nitrogens with one attached hydrogen (secondary N) is 1. The first-order valence-corrected chi connectivity index (χ1v) is 4.63. The van der Waals surface area contributed by atoms with E-state index in [-0.39, 0.29) is 11.2 Å². The summed E-state index contributed by atoms with van der Waals surface area (Å²) in [4.78, 5) is 17.8. The monoisotopic (exact) mass is 185 g/mol. The van der Waals surface area contributed by atoms with Gasteiger partial charge in [0, 0.05) is 0 Å². The fraction of sp³-hybridized carbons (Fsp3) is 0.429. The van der Waals surface area contributed by atoms with Gasteiger partial charge in [-0.1, -0.05) is 18.7 Å². The van der Waals surface area contributed by atoms with Crippen LogP contribution in [0.25, 0.3) is 0 Å². The van der Waals surface area contributed by atoms with E-state index in [4.69, 9.17) is 5.73 Å². The first-order chi connectivity index (χ1) is 5.65. The average Bonchev–Trinajstić information content (AvgIpc) is 2.01. The van der Waals surface area contributed by atoms with Crippen molar-refractivity contribution in [1.29, 1.82) is 0 Å². The molecule has 12 heavy (non-hydrogen) atoms. The molecule has 1 rings (SSSR count). The van der Waals surface area contributed by atoms with E-state index in [1.807, 2.05) is 6.92 Å². The molecule has 4 nitrogen and oxygen atoms in total. The third-order valence-electron chi connectivity index (χ3n) is 1.41. The maximum Gasteiger partial charge on any atom is 0.274 e. The number of hydrogen-bond donors (Lipinski definition) is 2. The van der Waals surface area contributed by atoms with Gasteiger partial charge in [0.15, 0.2) is 5.16 Å². The quantitative estimate of drug-likeness (QED) is 0.527. The maximum absolute atomic E-state index is 11.1. The Kier molecular flexibility index (Phi) is 2.75. The van der Waals surface area contributed by atoms with E-state index in [1.54, 1.807) is 6.92 Å². The van der Waals surface area contributed by atoms with Crippen LogP contribution >= 0.6 is 11.8 Å². The predicted octanol–water partition coefficient (Wildman–Crippen LogP) is 0.773. The number of aryl methyl sites for hydroxylation is 1. The van der Waals surface area contributed by atoms with Gasteiger partial charge in [-0.25, -0.2) is 4.98 Å². The second kappa shape index (κ2) is 3.62. The lowest BCUT2D eigenvalue weighted by molar-refractivity contribution is 0.912. The number of hydrogen-bond acceptors (Lipinski definition) is 4. The van der Waals surface area contributed by atoms with Crippen LogP contribution < -0.4 is 11.3 Å². The zero-order valence-corrected chi connectivity index (χ0v) is 7.86. The van der Waals surface area contributed by atoms with Crippen LogP contribution in [0.3, 0.4) is 0 Å². The van der Waals surface area contributed by atoms with Crippen molar-refractivity contribution in [1.82, 2.24) is 9.97 Å². The van der Waals surface area contributed by atoms with Gasteiger partial charge in [-0.2, -0.15) is 0 Å². The number of nitrogens with zero attached hydrogens (tertiary/aromatic N) is 1. The summed E-state index contributed by atoms with van der Waals surface area (Å²) in [5, 5.41) is 0.634. The third-order valence-corrected chi connectivity index (χ3v) is 2.16. The van der Waals surface area contributed by atoms with E-state index in [9.17, 15) is 4.79 Å². The topological polar surface area (TPSA) is 71.8 Å². The highest BCUT2D eigenvalue weighted by Gasteiger charge is 2.02. The Bertz CT molecular complexity index is 334. The Labute approximate surface area is 74.6 Å². The van der Waals surface area contributed by atoms with Crippen LogP contribution in [-0.2, 0) is 0 Å². The zero-order chi connectivity index (χ0) is 9.14. The molecule has 0 saturated carbocycles. The van der Waals surface area contributed by atoms with Gasteiger partial charge in [-0.05, 0) is 12.7 Å². The van der Waals surface area contributed by atoms with Crippen LogP contribution in [0.5, 0.6) is 0 Å². The SMILES string of the molecule is CCSc1nc(C)c(N)c(=O)[nH]1. The third kappa shape index (κ3) is 1.79. The first-order valence-electron chi connectivity index (χ1n) is 3.64. The summed E-state index contributed by atoms with van der Waals surface area (Å²) in [6.45, 7) is 3.72. The molecule has 0 spiro atoms. The Balaban J connectivity index is 3.13. The highest BCUT2D eigenvalue weighted by atomic mass is 32.2. The van der Waals surface area contributed by atoms with Gasteiger partial charge >= 0.3 is 0 Å². The fourth-order valence-corrected chi connectivity index (χ4v) is 1.41. The predicted molar refractivity (Wildman–Crippen MR) is 50.4 cm³/mol. The van der Waals surface area contributed by atoms with Gasteiger partial charge in [0.1, 0.15) is 5.69 Å². The standard InChI is InChI=1S/C7H11N3OS/c1-3-12-7-9-4(2)5(8)6(11)10-7/h3,8H2,1-2H3,(H,9,10,11). The molecule has 3 N–H and O–H groups in total. The molecule has 0 atom stereocenters. The smallest absolute Gasteiger partial charge is 0.274 e. The van der Waals surface area contributed by atoms with E-state index < -0.39 is 0 Å². The van der Waals surface area contributed by atoms with Crippen LogP contribution in [0, 0.1) is 6.92 Å². The molecule has 0 fully saturated rings. The van der Waals surface area contributed by atoms with Crippen LogP contribution in [0.1, 0.15) is 12.6 Å². The van der Waals surface area contributed by atoms with E-state index in [0.717, 1.165) is 5.75 Å². The lowest BCUT2D eigenvalue weighted by atomic mass is 10.4. The Morgan fingerprint density at radius 2 is 2.33 bits per heavy atom. The second-order valence-electron chi connectivity index (χ2n) is 2.30. The highest BCUT2D eigenvalue weighted by molar-refractivity contribution is 7.99. The first kappa shape index (κ1) is 9.12. The molecule has 0 aliphatic heterocycles. The maximum atomic E-state index is 11.1. The minimum Gasteiger partial charge on any atom is -0.393 e. The molecule has 66 valence electrons. The Hall–Kier alpha value is -0.970. The van der Waals surface area contributed by atoms with Gasteiger partial charge in [-0.15, -0.1) is 0 Å². The molecule has 0 unspecified atom stereocenters. The van der Waals surface area contributed by atoms with Crippen molar-refractivity contribution in [3.05, 3.63) is 16.0 Å². The molecule has 0 amide bonds. The van der Waals surface area contributed by atoms with Crippen LogP contribution in [0.15, 0.2) is 9.95 Å². The lowest BCUT2D eigenvalue weighted by Gasteiger charge is -2.00. The van der Waals surface area contributed by atoms with Crippen molar-refractivity contribution in [3.63, 3.8) is 0 Å². The summed E-state index contributed by atoms with van der Waals surface area (Å²) < 4.78 is 0. The van der Waals surface area contributed by atoms with Gasteiger partial charge in [-0.3, -0.25) is 9.78 Å². The zero-order valence-electron chi connectivity index (χ0n) is 7.05. The number of aromatic amines is 1. The minimum atomic E-state index is -0.251. The van der Waals surface area contributed by atoms with Gasteiger partial charge in [0.2, 0.25) is 0 Å². The summed E-state index contributed by atoms with van der Waals surface area (Å²) >= 11 is 1.49. The van der Waals surface area contributed by atoms with Crippen LogP contribution in [0.2, 0.25) is 0 Å². The molecule has 1 aromatic rings. The summed E-state index contributed by atoms with van der Waals surface area (Å²) in [5.74, 6) is 0.881. The van der Waals surface area contributed by atoms with E-state index >= 15 is 0 Å². The van der Waals surface area contributed by atoms with Crippen molar-refractivity contribution >= 4 is 17.4 Å². The summed E-state index contributed by atoms with van der Waals surface area (Å²) in [6.07, 6.45) is 0. The number of aromatic nitrogens is 2. The van der Waals surface area contributed by atoms with Crippen molar-refractivity contribution < 1.29 is 0 Å². The van der Waals surface area contributed by atoms with Gasteiger partial charge in [0.25, 0.3) is 5.56 Å². The number of rotatable bonds is 2. The fourth-order valence-electron chi connectivity index (χ4n) is 0.774. The number of nitrogens with two attached hydrogens (primary N) is 1. The Morgan fingerprint density at radius 1 is 1.67 bits per heavy atom. The summed E-state index contributed by atoms with van der Waals surface area (Å²) in [7, 11) is 0. The summed E-state index contributed by atoms with van der Waals surface area (Å²) in [5.41, 5.74) is 5.98. The molecule has 1 aromatic heterocycles. The van der Waals surface area contributed by atoms with Crippen molar-refractivity contribution in [2.75, 3.05) is 11.5 Å².